The average Bonchev–Trinajstić information content (AvgIpc) is 2.89. The van der Waals surface area contributed by atoms with Crippen LogP contribution in [0.3, 0.4) is 0 Å². The zero-order valence-electron chi connectivity index (χ0n) is 11.3. The van der Waals surface area contributed by atoms with Crippen molar-refractivity contribution in [1.29, 1.82) is 0 Å². The van der Waals surface area contributed by atoms with Gasteiger partial charge in [-0.25, -0.2) is 0 Å². The molecule has 2 aromatic rings. The van der Waals surface area contributed by atoms with Crippen molar-refractivity contribution in [2.24, 2.45) is 0 Å². The highest BCUT2D eigenvalue weighted by atomic mass is 32.1. The first-order valence-corrected chi connectivity index (χ1v) is 7.22. The van der Waals surface area contributed by atoms with Crippen molar-refractivity contribution < 1.29 is 13.2 Å². The predicted molar refractivity (Wildman–Crippen MR) is 76.8 cm³/mol. The Balaban J connectivity index is 2.33. The first-order valence-electron chi connectivity index (χ1n) is 6.40. The Morgan fingerprint density at radius 1 is 1.20 bits per heavy atom. The fourth-order valence-electron chi connectivity index (χ4n) is 2.09. The highest BCUT2D eigenvalue weighted by Gasteiger charge is 2.30. The van der Waals surface area contributed by atoms with Crippen LogP contribution in [0.5, 0.6) is 0 Å². The van der Waals surface area contributed by atoms with E-state index in [9.17, 15) is 13.2 Å². The largest absolute Gasteiger partial charge is 0.416 e. The smallest absolute Gasteiger partial charge is 0.312 e. The molecule has 0 aliphatic carbocycles. The quantitative estimate of drug-likeness (QED) is 0.827. The molecule has 0 spiro atoms. The van der Waals surface area contributed by atoms with Crippen molar-refractivity contribution in [2.45, 2.75) is 25.6 Å². The molecule has 0 aliphatic heterocycles. The molecule has 1 unspecified atom stereocenters. The van der Waals surface area contributed by atoms with E-state index in [2.05, 4.69) is 12.2 Å². The topological polar surface area (TPSA) is 12.0 Å². The van der Waals surface area contributed by atoms with Crippen LogP contribution in [0.25, 0.3) is 10.4 Å². The van der Waals surface area contributed by atoms with E-state index in [4.69, 9.17) is 0 Å². The van der Waals surface area contributed by atoms with Crippen LogP contribution in [-0.4, -0.2) is 7.05 Å². The summed E-state index contributed by atoms with van der Waals surface area (Å²) in [5, 5.41) is 3.20. The molecule has 0 bridgehead atoms. The number of rotatable bonds is 4. The number of halogens is 3. The van der Waals surface area contributed by atoms with Gasteiger partial charge in [0.25, 0.3) is 0 Å². The lowest BCUT2D eigenvalue weighted by Gasteiger charge is -2.11. The number of benzene rings is 1. The third kappa shape index (κ3) is 3.22. The van der Waals surface area contributed by atoms with Gasteiger partial charge in [0.15, 0.2) is 0 Å². The summed E-state index contributed by atoms with van der Waals surface area (Å²) in [6, 6.07) is 9.58. The minimum absolute atomic E-state index is 0.250. The summed E-state index contributed by atoms with van der Waals surface area (Å²) < 4.78 is 38.2. The van der Waals surface area contributed by atoms with Crippen LogP contribution in [0.4, 0.5) is 13.2 Å². The van der Waals surface area contributed by atoms with Crippen molar-refractivity contribution in [3.05, 3.63) is 46.8 Å². The van der Waals surface area contributed by atoms with Crippen molar-refractivity contribution in [1.82, 2.24) is 5.32 Å². The van der Waals surface area contributed by atoms with Crippen LogP contribution in [0.2, 0.25) is 0 Å². The van der Waals surface area contributed by atoms with E-state index in [1.54, 1.807) is 6.07 Å². The van der Waals surface area contributed by atoms with Crippen molar-refractivity contribution in [3.8, 4) is 10.4 Å². The molecule has 1 aromatic heterocycles. The van der Waals surface area contributed by atoms with Crippen LogP contribution in [-0.2, 0) is 6.18 Å². The van der Waals surface area contributed by atoms with Crippen LogP contribution < -0.4 is 5.32 Å². The molecule has 0 saturated carbocycles. The SMILES string of the molecule is CCC(NC)c1ccc(-c2cccc(C(F)(F)F)c2)s1. The lowest BCUT2D eigenvalue weighted by Crippen LogP contribution is -2.13. The molecule has 20 heavy (non-hydrogen) atoms. The second-order valence-electron chi connectivity index (χ2n) is 4.53. The summed E-state index contributed by atoms with van der Waals surface area (Å²) in [6.45, 7) is 2.07. The maximum absolute atomic E-state index is 12.7. The Morgan fingerprint density at radius 3 is 2.55 bits per heavy atom. The first-order chi connectivity index (χ1) is 9.45. The van der Waals surface area contributed by atoms with Gasteiger partial charge in [-0.2, -0.15) is 13.2 Å². The van der Waals surface area contributed by atoms with Crippen molar-refractivity contribution in [3.63, 3.8) is 0 Å². The molecular formula is C15H16F3NS. The maximum Gasteiger partial charge on any atom is 0.416 e. The van der Waals surface area contributed by atoms with Gasteiger partial charge in [-0.15, -0.1) is 11.3 Å². The minimum atomic E-state index is -4.30. The van der Waals surface area contributed by atoms with E-state index in [0.29, 0.717) is 5.56 Å². The second-order valence-corrected chi connectivity index (χ2v) is 5.65. The summed E-state index contributed by atoms with van der Waals surface area (Å²) in [7, 11) is 1.89. The minimum Gasteiger partial charge on any atom is -0.312 e. The Bertz CT molecular complexity index is 570. The summed E-state index contributed by atoms with van der Waals surface area (Å²) in [6.07, 6.45) is -3.36. The van der Waals surface area contributed by atoms with E-state index >= 15 is 0 Å². The molecular weight excluding hydrogens is 283 g/mol. The molecule has 0 amide bonds. The van der Waals surface area contributed by atoms with E-state index in [1.165, 1.54) is 23.5 Å². The highest BCUT2D eigenvalue weighted by Crippen LogP contribution is 2.36. The molecule has 108 valence electrons. The Morgan fingerprint density at radius 2 is 1.95 bits per heavy atom. The third-order valence-corrected chi connectivity index (χ3v) is 4.45. The molecule has 1 N–H and O–H groups in total. The van der Waals surface area contributed by atoms with Gasteiger partial charge in [0.1, 0.15) is 0 Å². The lowest BCUT2D eigenvalue weighted by molar-refractivity contribution is -0.137. The van der Waals surface area contributed by atoms with Gasteiger partial charge in [0.05, 0.1) is 5.56 Å². The van der Waals surface area contributed by atoms with E-state index < -0.39 is 11.7 Å². The number of hydrogen-bond donors (Lipinski definition) is 1. The van der Waals surface area contributed by atoms with Crippen molar-refractivity contribution in [2.75, 3.05) is 7.05 Å². The van der Waals surface area contributed by atoms with E-state index in [1.807, 2.05) is 19.2 Å². The fourth-order valence-corrected chi connectivity index (χ4v) is 3.29. The van der Waals surface area contributed by atoms with Gasteiger partial charge < -0.3 is 5.32 Å². The van der Waals surface area contributed by atoms with Crippen LogP contribution >= 0.6 is 11.3 Å². The van der Waals surface area contributed by atoms with Gasteiger partial charge >= 0.3 is 6.18 Å². The summed E-state index contributed by atoms with van der Waals surface area (Å²) >= 11 is 1.53. The van der Waals surface area contributed by atoms with Gasteiger partial charge in [0.2, 0.25) is 0 Å². The van der Waals surface area contributed by atoms with Crippen molar-refractivity contribution >= 4 is 11.3 Å². The molecule has 1 aromatic carbocycles. The normalized spacial score (nSPS) is 13.4. The molecule has 5 heteroatoms. The van der Waals surface area contributed by atoms with Crippen LogP contribution in [0, 0.1) is 0 Å². The molecule has 1 atom stereocenters. The Kier molecular flexibility index (Phi) is 4.50. The second kappa shape index (κ2) is 5.97. The molecule has 1 heterocycles. The van der Waals surface area contributed by atoms with Gasteiger partial charge in [0, 0.05) is 15.8 Å². The standard InChI is InChI=1S/C15H16F3NS/c1-3-12(19-2)14-8-7-13(20-14)10-5-4-6-11(9-10)15(16,17)18/h4-9,12,19H,3H2,1-2H3. The van der Waals surface area contributed by atoms with Gasteiger partial charge in [-0.05, 0) is 43.3 Å². The number of nitrogens with one attached hydrogen (secondary N) is 1. The fraction of sp³-hybridized carbons (Fsp3) is 0.333. The van der Waals surface area contributed by atoms with Crippen LogP contribution in [0.1, 0.15) is 29.8 Å². The summed E-state index contributed by atoms with van der Waals surface area (Å²) in [5.41, 5.74) is 0.00707. The van der Waals surface area contributed by atoms with Gasteiger partial charge in [-0.1, -0.05) is 19.1 Å². The van der Waals surface area contributed by atoms with E-state index in [-0.39, 0.29) is 6.04 Å². The van der Waals surface area contributed by atoms with Crippen LogP contribution in [0.15, 0.2) is 36.4 Å². The monoisotopic (exact) mass is 299 g/mol. The number of thiophene rings is 1. The zero-order chi connectivity index (χ0) is 14.8. The van der Waals surface area contributed by atoms with E-state index in [0.717, 1.165) is 22.2 Å². The molecule has 1 nitrogen and oxygen atoms in total. The third-order valence-electron chi connectivity index (χ3n) is 3.20. The molecule has 2 rings (SSSR count). The van der Waals surface area contributed by atoms with Gasteiger partial charge in [-0.3, -0.25) is 0 Å². The Labute approximate surface area is 120 Å². The summed E-state index contributed by atoms with van der Waals surface area (Å²) in [5.74, 6) is 0. The predicted octanol–water partition coefficient (Wildman–Crippen LogP) is 5.10. The molecule has 0 radical (unpaired) electrons. The molecule has 0 aliphatic rings. The average molecular weight is 299 g/mol. The number of hydrogen-bond acceptors (Lipinski definition) is 2. The summed E-state index contributed by atoms with van der Waals surface area (Å²) in [4.78, 5) is 2.00. The lowest BCUT2D eigenvalue weighted by atomic mass is 10.1. The Hall–Kier alpha value is -1.33. The maximum atomic E-state index is 12.7. The molecule has 0 saturated heterocycles. The molecule has 0 fully saturated rings. The number of alkyl halides is 3. The highest BCUT2D eigenvalue weighted by molar-refractivity contribution is 7.15. The zero-order valence-corrected chi connectivity index (χ0v) is 12.1. The first kappa shape index (κ1) is 15.1.